The lowest BCUT2D eigenvalue weighted by Crippen LogP contribution is -2.57. The van der Waals surface area contributed by atoms with Crippen molar-refractivity contribution >= 4 is 45.1 Å². The maximum Gasteiger partial charge on any atom is 0.325 e. The summed E-state index contributed by atoms with van der Waals surface area (Å²) in [6, 6.07) is 20.5. The number of benzene rings is 3. The SMILES string of the molecule is O=C1C2C(c3ccc(Br)cc3)NC(Cc3ccccc3)(C(=O)O)C2C(=O)N1c1cccc([N+](=O)[O-])c1. The summed E-state index contributed by atoms with van der Waals surface area (Å²) < 4.78 is 0.807. The summed E-state index contributed by atoms with van der Waals surface area (Å²) >= 11 is 3.38. The van der Waals surface area contributed by atoms with Crippen molar-refractivity contribution in [2.45, 2.75) is 18.0 Å². The lowest BCUT2D eigenvalue weighted by molar-refractivity contribution is -0.384. The Hall–Kier alpha value is -3.89. The number of non-ortho nitro benzene ring substituents is 1. The van der Waals surface area contributed by atoms with Crippen molar-refractivity contribution in [3.05, 3.63) is 105 Å². The van der Waals surface area contributed by atoms with Crippen LogP contribution in [0.15, 0.2) is 83.3 Å². The highest BCUT2D eigenvalue weighted by Crippen LogP contribution is 2.51. The van der Waals surface area contributed by atoms with E-state index < -0.39 is 46.1 Å². The van der Waals surface area contributed by atoms with Crippen LogP contribution in [0, 0.1) is 22.0 Å². The molecule has 2 heterocycles. The van der Waals surface area contributed by atoms with Crippen LogP contribution in [0.4, 0.5) is 11.4 Å². The van der Waals surface area contributed by atoms with E-state index in [1.807, 2.05) is 0 Å². The van der Waals surface area contributed by atoms with Gasteiger partial charge in [0.05, 0.1) is 22.4 Å². The molecule has 0 spiro atoms. The van der Waals surface area contributed by atoms with E-state index in [9.17, 15) is 29.6 Å². The van der Waals surface area contributed by atoms with Gasteiger partial charge in [0.2, 0.25) is 11.8 Å². The first-order valence-corrected chi connectivity index (χ1v) is 11.9. The molecule has 10 heteroatoms. The topological polar surface area (TPSA) is 130 Å². The first kappa shape index (κ1) is 23.8. The smallest absolute Gasteiger partial charge is 0.325 e. The average Bonchev–Trinajstić information content (AvgIpc) is 3.34. The number of imide groups is 1. The number of fused-ring (bicyclic) bond motifs is 1. The molecule has 9 nitrogen and oxygen atoms in total. The van der Waals surface area contributed by atoms with E-state index in [2.05, 4.69) is 21.2 Å². The summed E-state index contributed by atoms with van der Waals surface area (Å²) in [6.07, 6.45) is -0.0286. The third-order valence-corrected chi connectivity index (χ3v) is 7.42. The number of rotatable bonds is 6. The van der Waals surface area contributed by atoms with Crippen LogP contribution in [0.5, 0.6) is 0 Å². The van der Waals surface area contributed by atoms with Crippen LogP contribution < -0.4 is 10.2 Å². The summed E-state index contributed by atoms with van der Waals surface area (Å²) in [6.45, 7) is 0. The number of carboxylic acid groups (broad SMARTS) is 1. The summed E-state index contributed by atoms with van der Waals surface area (Å²) in [5.41, 5.74) is -0.654. The molecule has 3 aromatic rings. The maximum atomic E-state index is 13.8. The molecule has 3 aromatic carbocycles. The van der Waals surface area contributed by atoms with Crippen molar-refractivity contribution < 1.29 is 24.4 Å². The third-order valence-electron chi connectivity index (χ3n) is 6.89. The Morgan fingerprint density at radius 1 is 1.03 bits per heavy atom. The Labute approximate surface area is 214 Å². The quantitative estimate of drug-likeness (QED) is 0.271. The molecule has 5 rings (SSSR count). The van der Waals surface area contributed by atoms with Crippen molar-refractivity contribution in [1.29, 1.82) is 0 Å². The highest BCUT2D eigenvalue weighted by atomic mass is 79.9. The summed E-state index contributed by atoms with van der Waals surface area (Å²) in [5.74, 6) is -4.78. The fraction of sp³-hybridized carbons (Fsp3) is 0.192. The second kappa shape index (κ2) is 8.96. The predicted octanol–water partition coefficient (Wildman–Crippen LogP) is 3.87. The van der Waals surface area contributed by atoms with Gasteiger partial charge in [-0.25, -0.2) is 4.90 Å². The molecule has 36 heavy (non-hydrogen) atoms. The van der Waals surface area contributed by atoms with Crippen molar-refractivity contribution in [1.82, 2.24) is 5.32 Å². The molecule has 2 saturated heterocycles. The zero-order chi connectivity index (χ0) is 25.6. The minimum atomic E-state index is -1.77. The normalized spacial score (nSPS) is 25.1. The van der Waals surface area contributed by atoms with Crippen LogP contribution in [0.2, 0.25) is 0 Å². The van der Waals surface area contributed by atoms with E-state index in [1.165, 1.54) is 18.2 Å². The second-order valence-corrected chi connectivity index (χ2v) is 9.82. The van der Waals surface area contributed by atoms with Crippen LogP contribution in [-0.4, -0.2) is 33.4 Å². The molecular weight excluding hydrogens is 530 g/mol. The first-order chi connectivity index (χ1) is 17.2. The van der Waals surface area contributed by atoms with E-state index in [0.29, 0.717) is 11.1 Å². The molecule has 2 N–H and O–H groups in total. The number of nitrogens with zero attached hydrogens (tertiary/aromatic N) is 2. The summed E-state index contributed by atoms with van der Waals surface area (Å²) in [4.78, 5) is 52.1. The molecule has 2 aliphatic heterocycles. The van der Waals surface area contributed by atoms with Gasteiger partial charge in [-0.05, 0) is 29.3 Å². The van der Waals surface area contributed by atoms with Gasteiger partial charge in [0.1, 0.15) is 5.54 Å². The Morgan fingerprint density at radius 2 is 1.72 bits per heavy atom. The highest BCUT2D eigenvalue weighted by Gasteiger charge is 2.68. The number of nitro benzene ring substituents is 1. The number of aliphatic carboxylic acids is 1. The van der Waals surface area contributed by atoms with Crippen LogP contribution in [0.1, 0.15) is 17.2 Å². The van der Waals surface area contributed by atoms with Crippen molar-refractivity contribution in [2.24, 2.45) is 11.8 Å². The van der Waals surface area contributed by atoms with Gasteiger partial charge in [-0.2, -0.15) is 0 Å². The largest absolute Gasteiger partial charge is 0.480 e. The Kier molecular flexibility index (Phi) is 5.93. The van der Waals surface area contributed by atoms with E-state index in [-0.39, 0.29) is 17.8 Å². The van der Waals surface area contributed by atoms with Gasteiger partial charge in [-0.1, -0.05) is 64.5 Å². The van der Waals surface area contributed by atoms with Crippen molar-refractivity contribution in [3.8, 4) is 0 Å². The molecule has 2 aliphatic rings. The molecule has 2 amide bonds. The Morgan fingerprint density at radius 3 is 2.36 bits per heavy atom. The predicted molar refractivity (Wildman–Crippen MR) is 133 cm³/mol. The number of carbonyl (C=O) groups excluding carboxylic acids is 2. The number of carbonyl (C=O) groups is 3. The number of hydrogen-bond acceptors (Lipinski definition) is 6. The average molecular weight is 550 g/mol. The minimum Gasteiger partial charge on any atom is -0.480 e. The fourth-order valence-corrected chi connectivity index (χ4v) is 5.58. The molecule has 0 bridgehead atoms. The third kappa shape index (κ3) is 3.78. The molecule has 0 aliphatic carbocycles. The van der Waals surface area contributed by atoms with E-state index in [0.717, 1.165) is 15.4 Å². The first-order valence-electron chi connectivity index (χ1n) is 11.2. The Bertz CT molecular complexity index is 1380. The molecule has 0 radical (unpaired) electrons. The number of carboxylic acids is 1. The molecule has 2 fully saturated rings. The summed E-state index contributed by atoms with van der Waals surface area (Å²) in [7, 11) is 0. The van der Waals surface area contributed by atoms with Gasteiger partial charge in [0.25, 0.3) is 5.69 Å². The highest BCUT2D eigenvalue weighted by molar-refractivity contribution is 9.10. The number of hydrogen-bond donors (Lipinski definition) is 2. The van der Waals surface area contributed by atoms with Gasteiger partial charge in [0, 0.05) is 29.1 Å². The Balaban J connectivity index is 1.66. The van der Waals surface area contributed by atoms with Gasteiger partial charge in [-0.3, -0.25) is 29.8 Å². The van der Waals surface area contributed by atoms with Crippen LogP contribution in [-0.2, 0) is 20.8 Å². The van der Waals surface area contributed by atoms with Crippen LogP contribution in [0.3, 0.4) is 0 Å². The van der Waals surface area contributed by atoms with Gasteiger partial charge >= 0.3 is 5.97 Å². The number of halogens is 1. The van der Waals surface area contributed by atoms with E-state index >= 15 is 0 Å². The standard InChI is InChI=1S/C26H20BrN3O6/c27-17-11-9-16(10-12-17)22-20-21(26(28-22,25(33)34)14-15-5-2-1-3-6-15)24(32)29(23(20)31)18-7-4-8-19(13-18)30(35)36/h1-13,20-22,28H,14H2,(H,33,34). The van der Waals surface area contributed by atoms with Crippen molar-refractivity contribution in [3.63, 3.8) is 0 Å². The maximum absolute atomic E-state index is 13.8. The van der Waals surface area contributed by atoms with Crippen LogP contribution in [0.25, 0.3) is 0 Å². The van der Waals surface area contributed by atoms with Crippen molar-refractivity contribution in [2.75, 3.05) is 4.90 Å². The molecule has 4 unspecified atom stereocenters. The lowest BCUT2D eigenvalue weighted by atomic mass is 9.76. The molecular formula is C26H20BrN3O6. The molecule has 4 atom stereocenters. The number of anilines is 1. The molecule has 0 saturated carbocycles. The summed E-state index contributed by atoms with van der Waals surface area (Å²) in [5, 5.41) is 25.0. The second-order valence-electron chi connectivity index (χ2n) is 8.90. The lowest BCUT2D eigenvalue weighted by Gasteiger charge is -2.31. The fourth-order valence-electron chi connectivity index (χ4n) is 5.31. The van der Waals surface area contributed by atoms with E-state index in [1.54, 1.807) is 54.6 Å². The monoisotopic (exact) mass is 549 g/mol. The molecule has 0 aromatic heterocycles. The molecule has 182 valence electrons. The van der Waals surface area contributed by atoms with Gasteiger partial charge in [-0.15, -0.1) is 0 Å². The number of amides is 2. The zero-order valence-electron chi connectivity index (χ0n) is 18.7. The van der Waals surface area contributed by atoms with Gasteiger partial charge in [0.15, 0.2) is 0 Å². The number of nitrogens with one attached hydrogen (secondary N) is 1. The zero-order valence-corrected chi connectivity index (χ0v) is 20.3. The minimum absolute atomic E-state index is 0.0286. The van der Waals surface area contributed by atoms with Crippen LogP contribution >= 0.6 is 15.9 Å². The van der Waals surface area contributed by atoms with E-state index in [4.69, 9.17) is 0 Å². The van der Waals surface area contributed by atoms with Gasteiger partial charge < -0.3 is 5.11 Å². The number of nitro groups is 1.